The summed E-state index contributed by atoms with van der Waals surface area (Å²) in [5, 5.41) is 3.00. The van der Waals surface area contributed by atoms with E-state index < -0.39 is 13.2 Å². The van der Waals surface area contributed by atoms with Gasteiger partial charge in [-0.25, -0.2) is 15.0 Å². The molecule has 2 aromatic rings. The Balaban J connectivity index is 1.72. The van der Waals surface area contributed by atoms with Crippen molar-refractivity contribution in [2.75, 3.05) is 19.0 Å². The lowest BCUT2D eigenvalue weighted by Gasteiger charge is -2.29. The van der Waals surface area contributed by atoms with Gasteiger partial charge in [0.15, 0.2) is 11.5 Å². The molecule has 0 bridgehead atoms. The zero-order chi connectivity index (χ0) is 18.2. The number of hydrogen-bond acceptors (Lipinski definition) is 7. The molecule has 2 unspecified atom stereocenters. The monoisotopic (exact) mass is 369 g/mol. The maximum atomic E-state index is 11.5. The highest BCUT2D eigenvalue weighted by Crippen LogP contribution is 2.44. The second-order valence-electron chi connectivity index (χ2n) is 6.94. The number of rotatable bonds is 6. The minimum absolute atomic E-state index is 0.0605. The smallest absolute Gasteiger partial charge is 0.325 e. The van der Waals surface area contributed by atoms with Crippen LogP contribution in [0.3, 0.4) is 0 Å². The van der Waals surface area contributed by atoms with Crippen molar-refractivity contribution < 1.29 is 18.7 Å². The van der Waals surface area contributed by atoms with Crippen LogP contribution in [0.1, 0.15) is 39.3 Å². The van der Waals surface area contributed by atoms with Crippen molar-refractivity contribution in [3.8, 4) is 0 Å². The van der Waals surface area contributed by atoms with Crippen LogP contribution in [0, 0.1) is 0 Å². The van der Waals surface area contributed by atoms with Crippen LogP contribution < -0.4 is 5.32 Å². The van der Waals surface area contributed by atoms with Gasteiger partial charge in [0, 0.05) is 20.1 Å². The number of hydrogen-bond donors (Lipinski definition) is 2. The molecule has 0 aromatic carbocycles. The lowest BCUT2D eigenvalue weighted by molar-refractivity contribution is -0.0344. The van der Waals surface area contributed by atoms with E-state index in [1.54, 1.807) is 27.2 Å². The zero-order valence-electron chi connectivity index (χ0n) is 14.8. The van der Waals surface area contributed by atoms with Gasteiger partial charge in [0.1, 0.15) is 18.1 Å². The number of fused-ring (bicyclic) bond motifs is 1. The molecular formula is C15H24N5O4P. The van der Waals surface area contributed by atoms with Crippen LogP contribution in [0.4, 0.5) is 5.82 Å². The van der Waals surface area contributed by atoms with E-state index in [1.807, 2.05) is 4.57 Å². The Morgan fingerprint density at radius 1 is 1.44 bits per heavy atom. The summed E-state index contributed by atoms with van der Waals surface area (Å²) in [6, 6.07) is 0. The van der Waals surface area contributed by atoms with Crippen molar-refractivity contribution in [1.29, 1.82) is 0 Å². The Hall–Kier alpha value is -1.54. The molecule has 0 saturated carbocycles. The summed E-state index contributed by atoms with van der Waals surface area (Å²) in [5.41, 5.74) is 0.679. The Morgan fingerprint density at radius 3 is 2.88 bits per heavy atom. The van der Waals surface area contributed by atoms with Crippen LogP contribution in [0.2, 0.25) is 0 Å². The van der Waals surface area contributed by atoms with Crippen molar-refractivity contribution >= 4 is 24.6 Å². The first-order valence-corrected chi connectivity index (χ1v) is 10.2. The van der Waals surface area contributed by atoms with Gasteiger partial charge in [-0.05, 0) is 26.7 Å². The molecule has 1 saturated heterocycles. The van der Waals surface area contributed by atoms with Gasteiger partial charge in [-0.15, -0.1) is 0 Å². The summed E-state index contributed by atoms with van der Waals surface area (Å²) in [5.74, 6) is 0.675. The summed E-state index contributed by atoms with van der Waals surface area (Å²) in [6.07, 6.45) is 5.15. The average Bonchev–Trinajstić information content (AvgIpc) is 3.09. The first-order valence-electron chi connectivity index (χ1n) is 8.20. The molecule has 0 radical (unpaired) electrons. The predicted octanol–water partition coefficient (Wildman–Crippen LogP) is 2.55. The van der Waals surface area contributed by atoms with Gasteiger partial charge >= 0.3 is 7.60 Å². The highest BCUT2D eigenvalue weighted by atomic mass is 31.2. The van der Waals surface area contributed by atoms with Crippen molar-refractivity contribution in [1.82, 2.24) is 19.5 Å². The maximum absolute atomic E-state index is 11.5. The third kappa shape index (κ3) is 4.17. The molecule has 3 heterocycles. The third-order valence-electron chi connectivity index (χ3n) is 4.13. The molecule has 3 atom stereocenters. The lowest BCUT2D eigenvalue weighted by Crippen LogP contribution is -2.29. The highest BCUT2D eigenvalue weighted by molar-refractivity contribution is 7.51. The fourth-order valence-corrected chi connectivity index (χ4v) is 4.32. The van der Waals surface area contributed by atoms with Gasteiger partial charge in [-0.3, -0.25) is 9.13 Å². The molecule has 10 heteroatoms. The predicted molar refractivity (Wildman–Crippen MR) is 93.5 cm³/mol. The van der Waals surface area contributed by atoms with E-state index in [0.717, 1.165) is 12.8 Å². The third-order valence-corrected chi connectivity index (χ3v) is 4.96. The molecule has 3 rings (SSSR count). The Bertz CT molecular complexity index is 802. The van der Waals surface area contributed by atoms with E-state index in [2.05, 4.69) is 20.3 Å². The second kappa shape index (κ2) is 6.64. The molecule has 25 heavy (non-hydrogen) atoms. The first kappa shape index (κ1) is 18.3. The Kier molecular flexibility index (Phi) is 4.85. The van der Waals surface area contributed by atoms with Gasteiger partial charge < -0.3 is 19.5 Å². The maximum Gasteiger partial charge on any atom is 0.325 e. The summed E-state index contributed by atoms with van der Waals surface area (Å²) in [7, 11) is -1.75. The molecule has 0 spiro atoms. The van der Waals surface area contributed by atoms with Crippen LogP contribution in [-0.4, -0.2) is 49.8 Å². The van der Waals surface area contributed by atoms with Crippen LogP contribution in [0.25, 0.3) is 11.2 Å². The summed E-state index contributed by atoms with van der Waals surface area (Å²) in [6.45, 7) is 4.80. The molecule has 138 valence electrons. The van der Waals surface area contributed by atoms with Gasteiger partial charge in [0.05, 0.1) is 18.0 Å². The van der Waals surface area contributed by atoms with E-state index in [1.165, 1.54) is 13.0 Å². The molecule has 2 aromatic heterocycles. The van der Waals surface area contributed by atoms with Crippen LogP contribution in [-0.2, 0) is 13.8 Å². The summed E-state index contributed by atoms with van der Waals surface area (Å²) >= 11 is 0. The number of anilines is 1. The molecule has 1 aliphatic rings. The van der Waals surface area contributed by atoms with Crippen molar-refractivity contribution in [3.05, 3.63) is 12.7 Å². The Morgan fingerprint density at radius 2 is 2.20 bits per heavy atom. The molecule has 9 nitrogen and oxygen atoms in total. The minimum atomic E-state index is -3.54. The van der Waals surface area contributed by atoms with Crippen molar-refractivity contribution in [2.45, 2.75) is 51.0 Å². The van der Waals surface area contributed by atoms with Gasteiger partial charge in [-0.1, -0.05) is 0 Å². The molecule has 1 aliphatic heterocycles. The fourth-order valence-electron chi connectivity index (χ4n) is 3.33. The van der Waals surface area contributed by atoms with Crippen LogP contribution in [0.15, 0.2) is 12.7 Å². The highest BCUT2D eigenvalue weighted by Gasteiger charge is 2.35. The van der Waals surface area contributed by atoms with Gasteiger partial charge in [-0.2, -0.15) is 0 Å². The lowest BCUT2D eigenvalue weighted by atomic mass is 9.99. The van der Waals surface area contributed by atoms with Crippen LogP contribution in [0.5, 0.6) is 0 Å². The average molecular weight is 369 g/mol. The minimum Gasteiger partial charge on any atom is -0.371 e. The fraction of sp³-hybridized carbons (Fsp3) is 0.667. The van der Waals surface area contributed by atoms with E-state index >= 15 is 0 Å². The van der Waals surface area contributed by atoms with E-state index in [4.69, 9.17) is 9.26 Å². The second-order valence-corrected chi connectivity index (χ2v) is 8.73. The number of nitrogens with zero attached hydrogens (tertiary/aromatic N) is 4. The summed E-state index contributed by atoms with van der Waals surface area (Å²) in [4.78, 5) is 22.3. The van der Waals surface area contributed by atoms with Crippen LogP contribution >= 0.6 is 7.60 Å². The number of ether oxygens (including phenoxy) is 1. The molecule has 0 aliphatic carbocycles. The topological polar surface area (TPSA) is 111 Å². The van der Waals surface area contributed by atoms with Crippen molar-refractivity contribution in [2.24, 2.45) is 0 Å². The van der Waals surface area contributed by atoms with E-state index in [9.17, 15) is 9.46 Å². The SMILES string of the molecule is CNc1ncnc2c1ncn2[C@H]1CCC(CC(C)(C)OP(C)(=O)O)O1. The normalized spacial score (nSPS) is 23.7. The standard InChI is InChI=1S/C15H24N5O4P/c1-15(2,24-25(4,21)22)7-10-5-6-11(23-10)20-9-19-12-13(16-3)17-8-18-14(12)20/h8-11H,5-7H2,1-4H3,(H,21,22)(H,16,17,18)/t10?,11-/m1/s1. The zero-order valence-corrected chi connectivity index (χ0v) is 15.7. The first-order chi connectivity index (χ1) is 11.7. The van der Waals surface area contributed by atoms with E-state index in [0.29, 0.717) is 23.4 Å². The Labute approximate surface area is 146 Å². The van der Waals surface area contributed by atoms with Gasteiger partial charge in [0.25, 0.3) is 0 Å². The molecule has 1 fully saturated rings. The van der Waals surface area contributed by atoms with Gasteiger partial charge in [0.2, 0.25) is 0 Å². The number of nitrogens with one attached hydrogen (secondary N) is 1. The number of aromatic nitrogens is 4. The largest absolute Gasteiger partial charge is 0.371 e. The quantitative estimate of drug-likeness (QED) is 0.747. The summed E-state index contributed by atoms with van der Waals surface area (Å²) < 4.78 is 24.9. The molecular weight excluding hydrogens is 345 g/mol. The number of imidazole rings is 1. The van der Waals surface area contributed by atoms with Crippen molar-refractivity contribution in [3.63, 3.8) is 0 Å². The molecule has 2 N–H and O–H groups in total. The van der Waals surface area contributed by atoms with E-state index in [-0.39, 0.29) is 12.3 Å². The molecule has 0 amide bonds.